The lowest BCUT2D eigenvalue weighted by Crippen LogP contribution is -2.42. The minimum Gasteiger partial charge on any atom is -0.342 e. The third-order valence-corrected chi connectivity index (χ3v) is 4.24. The highest BCUT2D eigenvalue weighted by Gasteiger charge is 2.25. The van der Waals surface area contributed by atoms with Crippen LogP contribution in [0, 0.1) is 12.8 Å². The summed E-state index contributed by atoms with van der Waals surface area (Å²) in [5.74, 6) is 0.380. The van der Waals surface area contributed by atoms with Crippen LogP contribution in [0.2, 0.25) is 0 Å². The first-order valence-corrected chi connectivity index (χ1v) is 8.16. The summed E-state index contributed by atoms with van der Waals surface area (Å²) in [6, 6.07) is 7.84. The molecule has 1 aromatic carbocycles. The Kier molecular flexibility index (Phi) is 5.58. The van der Waals surface area contributed by atoms with Gasteiger partial charge < -0.3 is 9.80 Å². The molecule has 0 spiro atoms. The van der Waals surface area contributed by atoms with Gasteiger partial charge in [0.25, 0.3) is 0 Å². The summed E-state index contributed by atoms with van der Waals surface area (Å²) >= 11 is 0. The van der Waals surface area contributed by atoms with Crippen molar-refractivity contribution < 1.29 is 9.59 Å². The number of aryl methyl sites for hydroxylation is 1. The molecule has 22 heavy (non-hydrogen) atoms. The van der Waals surface area contributed by atoms with Gasteiger partial charge in [-0.1, -0.05) is 19.1 Å². The maximum atomic E-state index is 12.5. The van der Waals surface area contributed by atoms with Crippen LogP contribution in [0.4, 0.5) is 5.69 Å². The predicted octanol–water partition coefficient (Wildman–Crippen LogP) is 3.00. The summed E-state index contributed by atoms with van der Waals surface area (Å²) < 4.78 is 0. The van der Waals surface area contributed by atoms with E-state index < -0.39 is 0 Å². The Morgan fingerprint density at radius 1 is 1.36 bits per heavy atom. The highest BCUT2D eigenvalue weighted by Crippen LogP contribution is 2.19. The Morgan fingerprint density at radius 3 is 2.77 bits per heavy atom. The van der Waals surface area contributed by atoms with Crippen molar-refractivity contribution in [1.82, 2.24) is 4.90 Å². The molecule has 0 aromatic heterocycles. The Balaban J connectivity index is 2.01. The van der Waals surface area contributed by atoms with Gasteiger partial charge in [-0.25, -0.2) is 0 Å². The predicted molar refractivity (Wildman–Crippen MR) is 88.8 cm³/mol. The van der Waals surface area contributed by atoms with Gasteiger partial charge in [-0.15, -0.1) is 0 Å². The number of hydrogen-bond donors (Lipinski definition) is 0. The average molecular weight is 302 g/mol. The molecule has 1 aromatic rings. The largest absolute Gasteiger partial charge is 0.342 e. The minimum absolute atomic E-state index is 0.0332. The van der Waals surface area contributed by atoms with Crippen molar-refractivity contribution in [3.8, 4) is 0 Å². The van der Waals surface area contributed by atoms with Gasteiger partial charge in [-0.2, -0.15) is 0 Å². The molecule has 1 heterocycles. The fourth-order valence-corrected chi connectivity index (χ4v) is 3.05. The number of carbonyl (C=O) groups excluding carboxylic acids is 2. The van der Waals surface area contributed by atoms with E-state index in [4.69, 9.17) is 0 Å². The summed E-state index contributed by atoms with van der Waals surface area (Å²) in [4.78, 5) is 28.4. The van der Waals surface area contributed by atoms with Crippen LogP contribution in [-0.2, 0) is 9.59 Å². The third-order valence-electron chi connectivity index (χ3n) is 4.24. The second-order valence-corrected chi connectivity index (χ2v) is 6.24. The van der Waals surface area contributed by atoms with E-state index in [1.165, 1.54) is 6.42 Å². The fraction of sp³-hybridized carbons (Fsp3) is 0.556. The first-order chi connectivity index (χ1) is 10.5. The third kappa shape index (κ3) is 4.09. The fourth-order valence-electron chi connectivity index (χ4n) is 3.05. The van der Waals surface area contributed by atoms with Crippen molar-refractivity contribution in [1.29, 1.82) is 0 Å². The van der Waals surface area contributed by atoms with Crippen molar-refractivity contribution in [2.45, 2.75) is 40.0 Å². The number of nitrogens with zero attached hydrogens (tertiary/aromatic N) is 2. The SMILES string of the molecule is CCN(C(=O)CC(=O)N1CCCC(C)C1)c1cccc(C)c1. The summed E-state index contributed by atoms with van der Waals surface area (Å²) in [5.41, 5.74) is 1.98. The Morgan fingerprint density at radius 2 is 2.14 bits per heavy atom. The van der Waals surface area contributed by atoms with E-state index >= 15 is 0 Å². The van der Waals surface area contributed by atoms with Gasteiger partial charge >= 0.3 is 0 Å². The molecule has 1 fully saturated rings. The number of anilines is 1. The van der Waals surface area contributed by atoms with Gasteiger partial charge in [0.2, 0.25) is 11.8 Å². The molecule has 0 N–H and O–H groups in total. The maximum absolute atomic E-state index is 12.5. The van der Waals surface area contributed by atoms with E-state index in [-0.39, 0.29) is 18.2 Å². The molecule has 1 atom stereocenters. The Labute approximate surface area is 133 Å². The molecule has 0 saturated carbocycles. The number of piperidine rings is 1. The number of amides is 2. The van der Waals surface area contributed by atoms with E-state index in [0.29, 0.717) is 12.5 Å². The van der Waals surface area contributed by atoms with Gasteiger partial charge in [0, 0.05) is 25.3 Å². The van der Waals surface area contributed by atoms with Crippen molar-refractivity contribution in [3.63, 3.8) is 0 Å². The minimum atomic E-state index is -0.115. The van der Waals surface area contributed by atoms with Gasteiger partial charge in [0.1, 0.15) is 6.42 Å². The molecular weight excluding hydrogens is 276 g/mol. The first kappa shape index (κ1) is 16.5. The quantitative estimate of drug-likeness (QED) is 0.802. The summed E-state index contributed by atoms with van der Waals surface area (Å²) in [6.45, 7) is 8.24. The molecule has 0 bridgehead atoms. The molecule has 120 valence electrons. The highest BCUT2D eigenvalue weighted by molar-refractivity contribution is 6.05. The molecule has 0 radical (unpaired) electrons. The van der Waals surface area contributed by atoms with Crippen LogP contribution < -0.4 is 4.90 Å². The number of hydrogen-bond acceptors (Lipinski definition) is 2. The molecule has 1 saturated heterocycles. The van der Waals surface area contributed by atoms with Crippen LogP contribution in [-0.4, -0.2) is 36.3 Å². The molecule has 2 amide bonds. The van der Waals surface area contributed by atoms with Crippen LogP contribution >= 0.6 is 0 Å². The van der Waals surface area contributed by atoms with Crippen LogP contribution in [0.3, 0.4) is 0 Å². The average Bonchev–Trinajstić information content (AvgIpc) is 2.48. The van der Waals surface area contributed by atoms with E-state index in [9.17, 15) is 9.59 Å². The lowest BCUT2D eigenvalue weighted by molar-refractivity contribution is -0.136. The normalized spacial score (nSPS) is 18.1. The second kappa shape index (κ2) is 7.43. The highest BCUT2D eigenvalue weighted by atomic mass is 16.2. The molecule has 2 rings (SSSR count). The standard InChI is InChI=1S/C18H26N2O2/c1-4-20(16-9-5-7-14(2)11-16)18(22)12-17(21)19-10-6-8-15(3)13-19/h5,7,9,11,15H,4,6,8,10,12-13H2,1-3H3. The van der Waals surface area contributed by atoms with Crippen molar-refractivity contribution in [3.05, 3.63) is 29.8 Å². The Hall–Kier alpha value is -1.84. The zero-order valence-electron chi connectivity index (χ0n) is 13.8. The Bertz CT molecular complexity index is 542. The number of benzene rings is 1. The number of carbonyl (C=O) groups is 2. The molecule has 4 heteroatoms. The maximum Gasteiger partial charge on any atom is 0.236 e. The van der Waals surface area contributed by atoms with E-state index in [0.717, 1.165) is 30.8 Å². The smallest absolute Gasteiger partial charge is 0.236 e. The van der Waals surface area contributed by atoms with Crippen molar-refractivity contribution >= 4 is 17.5 Å². The van der Waals surface area contributed by atoms with Gasteiger partial charge in [-0.05, 0) is 50.3 Å². The van der Waals surface area contributed by atoms with Crippen LogP contribution in [0.1, 0.15) is 38.7 Å². The molecule has 1 aliphatic rings. The number of likely N-dealkylation sites (tertiary alicyclic amines) is 1. The van der Waals surface area contributed by atoms with Crippen LogP contribution in [0.5, 0.6) is 0 Å². The van der Waals surface area contributed by atoms with Gasteiger partial charge in [-0.3, -0.25) is 9.59 Å². The summed E-state index contributed by atoms with van der Waals surface area (Å²) in [7, 11) is 0. The molecule has 1 aliphatic heterocycles. The monoisotopic (exact) mass is 302 g/mol. The molecule has 1 unspecified atom stereocenters. The molecular formula is C18H26N2O2. The second-order valence-electron chi connectivity index (χ2n) is 6.24. The molecule has 0 aliphatic carbocycles. The number of rotatable bonds is 4. The van der Waals surface area contributed by atoms with E-state index in [1.807, 2.05) is 43.0 Å². The molecule has 4 nitrogen and oxygen atoms in total. The summed E-state index contributed by atoms with van der Waals surface area (Å²) in [5, 5.41) is 0. The van der Waals surface area contributed by atoms with Crippen LogP contribution in [0.25, 0.3) is 0 Å². The van der Waals surface area contributed by atoms with Gasteiger partial charge in [0.15, 0.2) is 0 Å². The van der Waals surface area contributed by atoms with E-state index in [1.54, 1.807) is 4.90 Å². The lowest BCUT2D eigenvalue weighted by atomic mass is 10.00. The topological polar surface area (TPSA) is 40.6 Å². The zero-order chi connectivity index (χ0) is 16.1. The summed E-state index contributed by atoms with van der Waals surface area (Å²) in [6.07, 6.45) is 2.17. The van der Waals surface area contributed by atoms with Gasteiger partial charge in [0.05, 0.1) is 0 Å². The first-order valence-electron chi connectivity index (χ1n) is 8.16. The lowest BCUT2D eigenvalue weighted by Gasteiger charge is -2.31. The zero-order valence-corrected chi connectivity index (χ0v) is 13.8. The van der Waals surface area contributed by atoms with Crippen molar-refractivity contribution in [2.75, 3.05) is 24.5 Å². The van der Waals surface area contributed by atoms with Crippen LogP contribution in [0.15, 0.2) is 24.3 Å². The van der Waals surface area contributed by atoms with Crippen molar-refractivity contribution in [2.24, 2.45) is 5.92 Å². The van der Waals surface area contributed by atoms with E-state index in [2.05, 4.69) is 6.92 Å².